The van der Waals surface area contributed by atoms with E-state index in [0.717, 1.165) is 17.1 Å². The Morgan fingerprint density at radius 1 is 1.16 bits per heavy atom. The second-order valence-electron chi connectivity index (χ2n) is 7.28. The highest BCUT2D eigenvalue weighted by Crippen LogP contribution is 2.22. The highest BCUT2D eigenvalue weighted by molar-refractivity contribution is 5.48. The fraction of sp³-hybridized carbons (Fsp3) is 0.474. The fourth-order valence-electron chi connectivity index (χ4n) is 2.36. The number of nitrogens with zero attached hydrogens (tertiary/aromatic N) is 3. The summed E-state index contributed by atoms with van der Waals surface area (Å²) in [5.41, 5.74) is 2.08. The number of benzene rings is 1. The van der Waals surface area contributed by atoms with Crippen LogP contribution in [0.1, 0.15) is 37.9 Å². The molecule has 0 saturated heterocycles. The minimum atomic E-state index is -0.234. The van der Waals surface area contributed by atoms with Crippen LogP contribution in [0.5, 0.6) is 0 Å². The third kappa shape index (κ3) is 5.13. The molecule has 0 amide bonds. The number of ether oxygens (including phenoxy) is 1. The van der Waals surface area contributed by atoms with E-state index in [9.17, 15) is 4.39 Å². The summed E-state index contributed by atoms with van der Waals surface area (Å²) >= 11 is 0. The first kappa shape index (κ1) is 19.1. The van der Waals surface area contributed by atoms with Gasteiger partial charge in [-0.15, -0.1) is 0 Å². The predicted molar refractivity (Wildman–Crippen MR) is 99.5 cm³/mol. The lowest BCUT2D eigenvalue weighted by Gasteiger charge is -2.19. The van der Waals surface area contributed by atoms with Crippen molar-refractivity contribution in [2.45, 2.75) is 39.3 Å². The Labute approximate surface area is 149 Å². The van der Waals surface area contributed by atoms with Gasteiger partial charge in [0.05, 0.1) is 18.0 Å². The van der Waals surface area contributed by atoms with Crippen LogP contribution in [0, 0.1) is 5.82 Å². The fourth-order valence-corrected chi connectivity index (χ4v) is 2.36. The van der Waals surface area contributed by atoms with E-state index in [0.29, 0.717) is 24.7 Å². The molecule has 0 radical (unpaired) electrons. The van der Waals surface area contributed by atoms with Crippen molar-refractivity contribution in [3.05, 3.63) is 47.2 Å². The minimum absolute atomic E-state index is 0.167. The molecular weight excluding hydrogens is 319 g/mol. The van der Waals surface area contributed by atoms with Gasteiger partial charge in [0.25, 0.3) is 0 Å². The molecule has 25 heavy (non-hydrogen) atoms. The highest BCUT2D eigenvalue weighted by Gasteiger charge is 2.19. The van der Waals surface area contributed by atoms with Crippen molar-refractivity contribution in [3.8, 4) is 0 Å². The SMILES string of the molecule is COCc1cc(NCc2ccc(N(C)C)c(F)c2)nc(C(C)(C)C)n1. The van der Waals surface area contributed by atoms with Crippen LogP contribution in [0.4, 0.5) is 15.9 Å². The van der Waals surface area contributed by atoms with Crippen molar-refractivity contribution < 1.29 is 9.13 Å². The lowest BCUT2D eigenvalue weighted by molar-refractivity contribution is 0.181. The Kier molecular flexibility index (Phi) is 5.95. The first-order chi connectivity index (χ1) is 11.7. The van der Waals surface area contributed by atoms with Gasteiger partial charge in [0.15, 0.2) is 0 Å². The average Bonchev–Trinajstić information content (AvgIpc) is 2.52. The van der Waals surface area contributed by atoms with Crippen molar-refractivity contribution >= 4 is 11.5 Å². The van der Waals surface area contributed by atoms with Crippen molar-refractivity contribution in [2.75, 3.05) is 31.4 Å². The highest BCUT2D eigenvalue weighted by atomic mass is 19.1. The molecule has 0 spiro atoms. The third-order valence-electron chi connectivity index (χ3n) is 3.71. The molecule has 5 nitrogen and oxygen atoms in total. The molecule has 0 aliphatic carbocycles. The Hall–Kier alpha value is -2.21. The number of aromatic nitrogens is 2. The summed E-state index contributed by atoms with van der Waals surface area (Å²) < 4.78 is 19.3. The van der Waals surface area contributed by atoms with Crippen LogP contribution < -0.4 is 10.2 Å². The molecule has 136 valence electrons. The summed E-state index contributed by atoms with van der Waals surface area (Å²) in [6.07, 6.45) is 0. The Morgan fingerprint density at radius 2 is 1.88 bits per heavy atom. The molecule has 2 rings (SSSR count). The summed E-state index contributed by atoms with van der Waals surface area (Å²) in [7, 11) is 5.28. The van der Waals surface area contributed by atoms with E-state index in [1.807, 2.05) is 26.2 Å². The van der Waals surface area contributed by atoms with Crippen LogP contribution >= 0.6 is 0 Å². The van der Waals surface area contributed by atoms with Crippen molar-refractivity contribution in [1.29, 1.82) is 0 Å². The maximum absolute atomic E-state index is 14.1. The van der Waals surface area contributed by atoms with E-state index < -0.39 is 0 Å². The monoisotopic (exact) mass is 346 g/mol. The zero-order valence-corrected chi connectivity index (χ0v) is 15.9. The third-order valence-corrected chi connectivity index (χ3v) is 3.71. The Morgan fingerprint density at radius 3 is 2.44 bits per heavy atom. The smallest absolute Gasteiger partial charge is 0.146 e. The average molecular weight is 346 g/mol. The molecule has 6 heteroatoms. The minimum Gasteiger partial charge on any atom is -0.378 e. The summed E-state index contributed by atoms with van der Waals surface area (Å²) in [5, 5.41) is 3.26. The number of methoxy groups -OCH3 is 1. The van der Waals surface area contributed by atoms with Gasteiger partial charge in [0.2, 0.25) is 0 Å². The number of hydrogen-bond acceptors (Lipinski definition) is 5. The van der Waals surface area contributed by atoms with Gasteiger partial charge >= 0.3 is 0 Å². The maximum Gasteiger partial charge on any atom is 0.146 e. The van der Waals surface area contributed by atoms with Gasteiger partial charge in [0, 0.05) is 39.2 Å². The van der Waals surface area contributed by atoms with Crippen LogP contribution in [-0.2, 0) is 23.3 Å². The van der Waals surface area contributed by atoms with Crippen molar-refractivity contribution in [1.82, 2.24) is 9.97 Å². The van der Waals surface area contributed by atoms with E-state index >= 15 is 0 Å². The molecule has 0 fully saturated rings. The number of halogens is 1. The van der Waals surface area contributed by atoms with Crippen molar-refractivity contribution in [3.63, 3.8) is 0 Å². The van der Waals surface area contributed by atoms with E-state index in [1.165, 1.54) is 0 Å². The van der Waals surface area contributed by atoms with Gasteiger partial charge in [-0.2, -0.15) is 0 Å². The summed E-state index contributed by atoms with van der Waals surface area (Å²) in [4.78, 5) is 10.9. The quantitative estimate of drug-likeness (QED) is 0.863. The van der Waals surface area contributed by atoms with Gasteiger partial charge in [-0.25, -0.2) is 14.4 Å². The van der Waals surface area contributed by atoms with Crippen molar-refractivity contribution in [2.24, 2.45) is 0 Å². The molecular formula is C19H27FN4O. The van der Waals surface area contributed by atoms with Gasteiger partial charge in [0.1, 0.15) is 17.5 Å². The summed E-state index contributed by atoms with van der Waals surface area (Å²) in [5.74, 6) is 1.23. The number of nitrogens with one attached hydrogen (secondary N) is 1. The van der Waals surface area contributed by atoms with Gasteiger partial charge in [-0.3, -0.25) is 0 Å². The zero-order valence-electron chi connectivity index (χ0n) is 15.9. The van der Waals surface area contributed by atoms with Gasteiger partial charge in [-0.05, 0) is 17.7 Å². The second-order valence-corrected chi connectivity index (χ2v) is 7.28. The molecule has 0 bridgehead atoms. The maximum atomic E-state index is 14.1. The van der Waals surface area contributed by atoms with Gasteiger partial charge < -0.3 is 15.0 Å². The summed E-state index contributed by atoms with van der Waals surface area (Å²) in [6, 6.07) is 7.10. The molecule has 0 atom stereocenters. The lowest BCUT2D eigenvalue weighted by atomic mass is 9.95. The van der Waals surface area contributed by atoms with Crippen LogP contribution in [-0.4, -0.2) is 31.2 Å². The lowest BCUT2D eigenvalue weighted by Crippen LogP contribution is -2.18. The largest absolute Gasteiger partial charge is 0.378 e. The van der Waals surface area contributed by atoms with E-state index in [-0.39, 0.29) is 11.2 Å². The summed E-state index contributed by atoms with van der Waals surface area (Å²) in [6.45, 7) is 7.11. The molecule has 1 aromatic heterocycles. The molecule has 2 aromatic rings. The normalized spacial score (nSPS) is 11.5. The van der Waals surface area contributed by atoms with E-state index in [2.05, 4.69) is 36.1 Å². The number of hydrogen-bond donors (Lipinski definition) is 1. The molecule has 1 heterocycles. The predicted octanol–water partition coefficient (Wildman–Crippen LogP) is 3.74. The van der Waals surface area contributed by atoms with Crippen LogP contribution in [0.25, 0.3) is 0 Å². The molecule has 1 aromatic carbocycles. The Balaban J connectivity index is 2.19. The number of anilines is 2. The molecule has 0 aliphatic heterocycles. The topological polar surface area (TPSA) is 50.3 Å². The first-order valence-electron chi connectivity index (χ1n) is 8.27. The molecule has 1 N–H and O–H groups in total. The first-order valence-corrected chi connectivity index (χ1v) is 8.27. The van der Waals surface area contributed by atoms with Crippen LogP contribution in [0.15, 0.2) is 24.3 Å². The molecule has 0 aliphatic rings. The Bertz CT molecular complexity index is 726. The second kappa shape index (κ2) is 7.78. The van der Waals surface area contributed by atoms with Gasteiger partial charge in [-0.1, -0.05) is 26.8 Å². The van der Waals surface area contributed by atoms with Crippen LogP contribution in [0.3, 0.4) is 0 Å². The van der Waals surface area contributed by atoms with E-state index in [1.54, 1.807) is 24.1 Å². The van der Waals surface area contributed by atoms with Crippen LogP contribution in [0.2, 0.25) is 0 Å². The zero-order chi connectivity index (χ0) is 18.6. The standard InChI is InChI=1S/C19H27FN4O/c1-19(2,3)18-22-14(12-25-6)10-17(23-18)21-11-13-7-8-16(24(4)5)15(20)9-13/h7-10H,11-12H2,1-6H3,(H,21,22,23). The van der Waals surface area contributed by atoms with E-state index in [4.69, 9.17) is 4.74 Å². The molecule has 0 unspecified atom stereocenters. The number of rotatable bonds is 6. The molecule has 0 saturated carbocycles.